The molecule has 1 saturated carbocycles. The minimum atomic E-state index is -2.39. The lowest BCUT2D eigenvalue weighted by Gasteiger charge is -2.43. The Hall–Kier alpha value is -8.40. The second-order valence-electron chi connectivity index (χ2n) is 33.1. The fraction of sp³-hybridized carbons (Fsp3) is 0.644. The number of Topliss-reactive ketones (excluding diaryl/α,β-unsaturated/α-hetero) is 3. The summed E-state index contributed by atoms with van der Waals surface area (Å²) in [4.78, 5) is 99.3. The number of nitrogens with zero attached hydrogens (tertiary/aromatic N) is 7. The third-order valence-electron chi connectivity index (χ3n) is 23.9. The summed E-state index contributed by atoms with van der Waals surface area (Å²) in [5.74, 6) is -7.09. The third kappa shape index (κ3) is 28.6. The molecule has 3 aromatic heterocycles. The summed E-state index contributed by atoms with van der Waals surface area (Å²) >= 11 is 0. The van der Waals surface area contributed by atoms with Crippen molar-refractivity contribution in [3.63, 3.8) is 0 Å². The molecule has 684 valence electrons. The lowest BCUT2D eigenvalue weighted by Crippen LogP contribution is -2.60. The maximum Gasteiger partial charge on any atom is 0.407 e. The molecule has 2 saturated heterocycles. The van der Waals surface area contributed by atoms with Crippen LogP contribution in [0.2, 0.25) is 0 Å². The van der Waals surface area contributed by atoms with E-state index in [1.54, 1.807) is 48.0 Å². The van der Waals surface area contributed by atoms with E-state index in [2.05, 4.69) is 32.4 Å². The van der Waals surface area contributed by atoms with Crippen molar-refractivity contribution in [2.24, 2.45) is 35.3 Å². The molecule has 4 aliphatic heterocycles. The molecule has 0 unspecified atom stereocenters. The van der Waals surface area contributed by atoms with Crippen LogP contribution >= 0.6 is 0 Å². The molecular formula is C90H131N11O23. The highest BCUT2D eigenvalue weighted by Gasteiger charge is 2.53. The van der Waals surface area contributed by atoms with E-state index in [4.69, 9.17) is 88.3 Å². The second-order valence-corrected chi connectivity index (χ2v) is 33.1. The van der Waals surface area contributed by atoms with Gasteiger partial charge in [-0.3, -0.25) is 24.0 Å². The number of hydrogen-bond acceptors (Lipinski definition) is 30. The number of allylic oxidation sites excluding steroid dienone is 6. The number of anilines is 2. The van der Waals surface area contributed by atoms with Gasteiger partial charge in [0.1, 0.15) is 54.1 Å². The summed E-state index contributed by atoms with van der Waals surface area (Å²) in [5, 5.41) is 42.9. The summed E-state index contributed by atoms with van der Waals surface area (Å²) in [6, 6.07) is 10.5. The smallest absolute Gasteiger partial charge is 0.407 e. The Bertz CT molecular complexity index is 4380. The molecule has 124 heavy (non-hydrogen) atoms. The highest BCUT2D eigenvalue weighted by molar-refractivity contribution is 6.39. The number of carbonyl (C=O) groups is 6. The average Bonchev–Trinajstić information content (AvgIpc) is 1.39. The van der Waals surface area contributed by atoms with Gasteiger partial charge in [0.2, 0.25) is 11.7 Å². The summed E-state index contributed by atoms with van der Waals surface area (Å²) in [6.07, 6.45) is 11.5. The van der Waals surface area contributed by atoms with Crippen LogP contribution in [0.4, 0.5) is 16.6 Å². The zero-order valence-electron chi connectivity index (χ0n) is 73.2. The summed E-state index contributed by atoms with van der Waals surface area (Å²) in [6.45, 7) is 17.6. The lowest BCUT2D eigenvalue weighted by molar-refractivity contribution is -0.265. The number of oxazole rings is 1. The van der Waals surface area contributed by atoms with Gasteiger partial charge in [-0.05, 0) is 142 Å². The van der Waals surface area contributed by atoms with Gasteiger partial charge in [0.25, 0.3) is 17.7 Å². The van der Waals surface area contributed by atoms with Crippen molar-refractivity contribution in [3.05, 3.63) is 107 Å². The number of nitrogens with two attached hydrogens (primary N) is 3. The number of nitrogens with one attached hydrogen (secondary N) is 1. The SMILES string of the molecule is CO[C@H]1C[C@@H]2CC[C@@H](C)[C@@](O)(O2)C(=O)C(=O)N2CCCC[C@H]2CO[C@H]([C@H](N)C[C@@H]2CC[C@@H](OC(=O)NCCOCCOCCOCCOCCOCCOCCOCCOCC(=O)N3CCc4cc(Cn5nc(-c6ccc7oc(N)nc7c6)c6c(N)ncnc65)ccc4C3)[C@H](OC)C2)CC(=O)[C@H](C)/C=C(\C)[C@@H](O)[C@@H](O)C(=O)[C@H](C)C[C@H](C)/C=C/C=C/C=C/1C. The van der Waals surface area contributed by atoms with Gasteiger partial charge in [0.05, 0.1) is 148 Å². The maximum absolute atomic E-state index is 14.5. The minimum Gasteiger partial charge on any atom is -0.443 e. The van der Waals surface area contributed by atoms with E-state index in [9.17, 15) is 44.1 Å². The summed E-state index contributed by atoms with van der Waals surface area (Å²) in [5.41, 5.74) is 26.8. The standard InChI is InChI=1S/C90H131N11O23/c1-57-14-10-9-11-15-58(2)75(111-7)50-69-22-17-62(6)90(110,124-69)84(107)87(108)100-27-13-12-16-68(100)54-121-76(51-72(102)59(3)45-61(5)82(105)83(106)81(104)60(4)44-57)70(91)47-63-19-23-74(77(48-63)112-8)123-89(109)94-26-29-113-30-31-114-32-33-115-34-35-116-36-37-117-38-39-118-40-41-119-42-43-120-55-78(103)99-28-25-65-46-64(18-20-67(65)53-99)52-101-86-79(85(92)95-56-96-86)80(98-101)66-21-24-73-71(49-66)97-88(93)122-73/h9-11,14-15,18,20-21,24,45-46,49,56-57,59-60,62-63,68-70,74-77,82-83,105-106,110H,12-13,16-17,19,22-23,25-44,47-48,50-55,91H2,1-8H3,(H2,93,97)(H,94,109)(H2,92,95,96)/b11-9+,14-10+,58-15+,61-45+/t57-,59-,60-,62-,63+,68+,69+,70-,74-,75+,76+,77-,82-,83+,90-/m1/s1. The number of benzene rings is 2. The zero-order valence-corrected chi connectivity index (χ0v) is 73.2. The molecule has 34 heteroatoms. The van der Waals surface area contributed by atoms with E-state index in [-0.39, 0.29) is 81.1 Å². The third-order valence-corrected chi connectivity index (χ3v) is 23.9. The van der Waals surface area contributed by atoms with Gasteiger partial charge in [-0.15, -0.1) is 0 Å². The number of amides is 3. The van der Waals surface area contributed by atoms with E-state index >= 15 is 0 Å². The van der Waals surface area contributed by atoms with Crippen LogP contribution in [-0.2, 0) is 105 Å². The predicted molar refractivity (Wildman–Crippen MR) is 460 cm³/mol. The molecule has 2 aromatic carbocycles. The van der Waals surface area contributed by atoms with Gasteiger partial charge in [0, 0.05) is 82.6 Å². The number of aliphatic hydroxyl groups excluding tert-OH is 2. The van der Waals surface area contributed by atoms with E-state index < -0.39 is 102 Å². The number of piperidine rings is 1. The van der Waals surface area contributed by atoms with Gasteiger partial charge in [-0.2, -0.15) is 10.1 Å². The van der Waals surface area contributed by atoms with Crippen molar-refractivity contribution < 1.29 is 110 Å². The Kier molecular flexibility index (Phi) is 39.1. The van der Waals surface area contributed by atoms with Crippen molar-refractivity contribution in [2.75, 3.05) is 158 Å². The van der Waals surface area contributed by atoms with Crippen LogP contribution < -0.4 is 22.5 Å². The first-order valence-electron chi connectivity index (χ1n) is 43.7. The van der Waals surface area contributed by atoms with Gasteiger partial charge in [-0.1, -0.05) is 82.4 Å². The van der Waals surface area contributed by atoms with Crippen LogP contribution in [-0.4, -0.2) is 292 Å². The molecule has 10 N–H and O–H groups in total. The van der Waals surface area contributed by atoms with E-state index in [1.165, 1.54) is 22.9 Å². The number of ether oxygens (including phenoxy) is 13. The van der Waals surface area contributed by atoms with Crippen molar-refractivity contribution in [2.45, 2.75) is 199 Å². The van der Waals surface area contributed by atoms with Crippen LogP contribution in [0, 0.1) is 29.6 Å². The molecule has 3 fully saturated rings. The largest absolute Gasteiger partial charge is 0.443 e. The number of ketones is 3. The first-order chi connectivity index (χ1) is 59.8. The quantitative estimate of drug-likeness (QED) is 0.0119. The molecular weight excluding hydrogens is 1600 g/mol. The number of aliphatic hydroxyl groups is 3. The van der Waals surface area contributed by atoms with Gasteiger partial charge in [0.15, 0.2) is 17.0 Å². The van der Waals surface area contributed by atoms with E-state index in [1.807, 2.05) is 72.0 Å². The molecule has 0 radical (unpaired) electrons. The number of fused-ring (bicyclic) bond motifs is 6. The number of hydrogen-bond donors (Lipinski definition) is 7. The van der Waals surface area contributed by atoms with Crippen molar-refractivity contribution in [3.8, 4) is 11.3 Å². The number of methoxy groups -OCH3 is 2. The molecule has 2 bridgehead atoms. The Morgan fingerprint density at radius 1 is 0.718 bits per heavy atom. The molecule has 7 heterocycles. The van der Waals surface area contributed by atoms with Crippen LogP contribution in [0.1, 0.15) is 135 Å². The molecule has 15 atom stereocenters. The van der Waals surface area contributed by atoms with E-state index in [0.29, 0.717) is 210 Å². The molecule has 34 nitrogen and oxygen atoms in total. The van der Waals surface area contributed by atoms with Crippen LogP contribution in [0.15, 0.2) is 94.7 Å². The van der Waals surface area contributed by atoms with Gasteiger partial charge < -0.3 is 114 Å². The van der Waals surface area contributed by atoms with Crippen molar-refractivity contribution in [1.29, 1.82) is 0 Å². The first kappa shape index (κ1) is 97.8. The predicted octanol–water partition coefficient (Wildman–Crippen LogP) is 7.30. The number of rotatable bonds is 35. The zero-order chi connectivity index (χ0) is 88.7. The summed E-state index contributed by atoms with van der Waals surface area (Å²) < 4.78 is 82.8. The molecule has 1 aliphatic carbocycles. The highest BCUT2D eigenvalue weighted by Crippen LogP contribution is 2.39. The first-order valence-corrected chi connectivity index (χ1v) is 43.7. The maximum atomic E-state index is 14.5. The Balaban J connectivity index is 0.548. The normalized spacial score (nSPS) is 27.4. The fourth-order valence-electron chi connectivity index (χ4n) is 16.6. The monoisotopic (exact) mass is 1730 g/mol. The lowest BCUT2D eigenvalue weighted by atomic mass is 9.80. The molecule has 5 aliphatic rings. The molecule has 0 spiro atoms. The number of alkyl carbamates (subject to hydrolysis) is 1. The van der Waals surface area contributed by atoms with Gasteiger partial charge >= 0.3 is 6.09 Å². The minimum absolute atomic E-state index is 0.0390. The molecule has 3 amide bonds. The fourth-order valence-corrected chi connectivity index (χ4v) is 16.6. The van der Waals surface area contributed by atoms with Crippen molar-refractivity contribution >= 4 is 69.2 Å². The Labute approximate surface area is 725 Å². The topological polar surface area (TPSA) is 449 Å². The van der Waals surface area contributed by atoms with Crippen molar-refractivity contribution in [1.82, 2.24) is 39.8 Å². The molecule has 10 rings (SSSR count). The van der Waals surface area contributed by atoms with Crippen LogP contribution in [0.3, 0.4) is 0 Å². The number of aromatic nitrogens is 5. The number of carbonyl (C=O) groups excluding carboxylic acids is 6. The Morgan fingerprint density at radius 3 is 2.09 bits per heavy atom. The van der Waals surface area contributed by atoms with E-state index in [0.717, 1.165) is 28.7 Å². The van der Waals surface area contributed by atoms with Crippen LogP contribution in [0.25, 0.3) is 33.4 Å². The Morgan fingerprint density at radius 2 is 1.40 bits per heavy atom. The summed E-state index contributed by atoms with van der Waals surface area (Å²) in [7, 11) is 3.13. The molecule has 5 aromatic rings. The highest BCUT2D eigenvalue weighted by atomic mass is 16.6. The second kappa shape index (κ2) is 49.6. The number of nitrogen functional groups attached to an aromatic ring is 2. The average molecular weight is 1740 g/mol. The van der Waals surface area contributed by atoms with Crippen LogP contribution in [0.5, 0.6) is 0 Å². The van der Waals surface area contributed by atoms with Gasteiger partial charge in [-0.25, -0.2) is 19.4 Å².